The van der Waals surface area contributed by atoms with E-state index >= 15 is 0 Å². The first-order chi connectivity index (χ1) is 10.4. The molecule has 1 aliphatic rings. The van der Waals surface area contributed by atoms with Crippen LogP contribution < -0.4 is 10.1 Å². The highest BCUT2D eigenvalue weighted by Gasteiger charge is 2.28. The molecule has 0 bridgehead atoms. The molecule has 1 aromatic carbocycles. The summed E-state index contributed by atoms with van der Waals surface area (Å²) in [7, 11) is 0. The third-order valence-electron chi connectivity index (χ3n) is 3.36. The van der Waals surface area contributed by atoms with E-state index in [1.807, 2.05) is 29.6 Å². The Labute approximate surface area is 125 Å². The quantitative estimate of drug-likeness (QED) is 0.800. The second-order valence-corrected chi connectivity index (χ2v) is 5.83. The van der Waals surface area contributed by atoms with E-state index in [4.69, 9.17) is 9.15 Å². The molecule has 1 N–H and O–H groups in total. The van der Waals surface area contributed by atoms with Gasteiger partial charge in [0.25, 0.3) is 5.89 Å². The fourth-order valence-corrected chi connectivity index (χ4v) is 2.98. The molecule has 1 unspecified atom stereocenters. The monoisotopic (exact) mass is 299 g/mol. The molecule has 106 valence electrons. The maximum atomic E-state index is 5.83. The smallest absolute Gasteiger partial charge is 0.315 e. The van der Waals surface area contributed by atoms with Crippen LogP contribution in [0, 0.1) is 0 Å². The number of rotatable bonds is 4. The first-order valence-corrected chi connectivity index (χ1v) is 7.61. The van der Waals surface area contributed by atoms with Gasteiger partial charge in [-0.25, -0.2) is 0 Å². The SMILES string of the molecule is c1csc(CNc2nnc(C3Cc4ccccc4O3)o2)c1. The molecule has 3 aromatic rings. The summed E-state index contributed by atoms with van der Waals surface area (Å²) in [5.74, 6) is 1.41. The zero-order valence-electron chi connectivity index (χ0n) is 11.2. The molecule has 21 heavy (non-hydrogen) atoms. The van der Waals surface area contributed by atoms with Crippen LogP contribution in [-0.4, -0.2) is 10.2 Å². The number of anilines is 1. The van der Waals surface area contributed by atoms with Gasteiger partial charge in [-0.15, -0.1) is 16.4 Å². The predicted octanol–water partition coefficient (Wildman–Crippen LogP) is 3.42. The second kappa shape index (κ2) is 5.21. The molecule has 5 nitrogen and oxygen atoms in total. The summed E-state index contributed by atoms with van der Waals surface area (Å²) in [6.07, 6.45) is 0.579. The first kappa shape index (κ1) is 12.4. The lowest BCUT2D eigenvalue weighted by atomic mass is 10.1. The van der Waals surface area contributed by atoms with Gasteiger partial charge in [-0.2, -0.15) is 0 Å². The number of benzene rings is 1. The third kappa shape index (κ3) is 2.50. The summed E-state index contributed by atoms with van der Waals surface area (Å²) in [5, 5.41) is 13.3. The van der Waals surface area contributed by atoms with Gasteiger partial charge in [0.2, 0.25) is 0 Å². The number of nitrogens with one attached hydrogen (secondary N) is 1. The Bertz CT molecular complexity index is 714. The van der Waals surface area contributed by atoms with Crippen molar-refractivity contribution in [2.75, 3.05) is 5.32 Å². The molecule has 3 heterocycles. The van der Waals surface area contributed by atoms with Crippen molar-refractivity contribution in [3.8, 4) is 5.75 Å². The van der Waals surface area contributed by atoms with Crippen molar-refractivity contribution < 1.29 is 9.15 Å². The molecule has 2 aromatic heterocycles. The van der Waals surface area contributed by atoms with E-state index < -0.39 is 0 Å². The van der Waals surface area contributed by atoms with Crippen LogP contribution in [0.2, 0.25) is 0 Å². The molecule has 0 radical (unpaired) electrons. The van der Waals surface area contributed by atoms with Crippen molar-refractivity contribution in [2.24, 2.45) is 0 Å². The topological polar surface area (TPSA) is 60.2 Å². The highest BCUT2D eigenvalue weighted by molar-refractivity contribution is 7.09. The van der Waals surface area contributed by atoms with Gasteiger partial charge in [0.15, 0.2) is 6.10 Å². The normalized spacial score (nSPS) is 16.5. The molecule has 0 spiro atoms. The summed E-state index contributed by atoms with van der Waals surface area (Å²) < 4.78 is 11.5. The van der Waals surface area contributed by atoms with Crippen molar-refractivity contribution >= 4 is 17.4 Å². The van der Waals surface area contributed by atoms with Gasteiger partial charge in [-0.1, -0.05) is 29.4 Å². The third-order valence-corrected chi connectivity index (χ3v) is 4.23. The van der Waals surface area contributed by atoms with Crippen LogP contribution in [0.4, 0.5) is 6.01 Å². The number of aromatic nitrogens is 2. The van der Waals surface area contributed by atoms with Crippen LogP contribution in [0.25, 0.3) is 0 Å². The Kier molecular flexibility index (Phi) is 3.08. The van der Waals surface area contributed by atoms with Crippen LogP contribution in [0.3, 0.4) is 0 Å². The summed E-state index contributed by atoms with van der Waals surface area (Å²) >= 11 is 1.69. The lowest BCUT2D eigenvalue weighted by Crippen LogP contribution is -2.03. The molecule has 0 amide bonds. The number of thiophene rings is 1. The largest absolute Gasteiger partial charge is 0.480 e. The van der Waals surface area contributed by atoms with Crippen molar-refractivity contribution in [1.82, 2.24) is 10.2 Å². The summed E-state index contributed by atoms with van der Waals surface area (Å²) in [5.41, 5.74) is 1.17. The minimum Gasteiger partial charge on any atom is -0.480 e. The van der Waals surface area contributed by atoms with Gasteiger partial charge in [-0.05, 0) is 23.1 Å². The Morgan fingerprint density at radius 1 is 1.19 bits per heavy atom. The molecule has 0 fully saturated rings. The summed E-state index contributed by atoms with van der Waals surface area (Å²) in [6, 6.07) is 12.5. The summed E-state index contributed by atoms with van der Waals surface area (Å²) in [6.45, 7) is 0.686. The lowest BCUT2D eigenvalue weighted by molar-refractivity contribution is 0.199. The molecule has 0 aliphatic carbocycles. The second-order valence-electron chi connectivity index (χ2n) is 4.80. The maximum Gasteiger partial charge on any atom is 0.315 e. The van der Waals surface area contributed by atoms with Gasteiger partial charge < -0.3 is 14.5 Å². The van der Waals surface area contributed by atoms with E-state index in [9.17, 15) is 0 Å². The molecule has 0 saturated carbocycles. The van der Waals surface area contributed by atoms with Crippen LogP contribution in [0.15, 0.2) is 46.2 Å². The fourth-order valence-electron chi connectivity index (χ4n) is 2.33. The average molecular weight is 299 g/mol. The van der Waals surface area contributed by atoms with E-state index in [1.54, 1.807) is 11.3 Å². The molecular weight excluding hydrogens is 286 g/mol. The van der Waals surface area contributed by atoms with Gasteiger partial charge in [0.1, 0.15) is 5.75 Å². The van der Waals surface area contributed by atoms with Crippen molar-refractivity contribution in [1.29, 1.82) is 0 Å². The molecule has 6 heteroatoms. The number of hydrogen-bond acceptors (Lipinski definition) is 6. The van der Waals surface area contributed by atoms with Crippen molar-refractivity contribution in [3.05, 3.63) is 58.1 Å². The molecule has 1 atom stereocenters. The van der Waals surface area contributed by atoms with Crippen molar-refractivity contribution in [3.63, 3.8) is 0 Å². The number of ether oxygens (including phenoxy) is 1. The van der Waals surface area contributed by atoms with Crippen LogP contribution >= 0.6 is 11.3 Å². The van der Waals surface area contributed by atoms with Crippen molar-refractivity contribution in [2.45, 2.75) is 19.1 Å². The zero-order chi connectivity index (χ0) is 14.1. The van der Waals surface area contributed by atoms with E-state index in [1.165, 1.54) is 10.4 Å². The van der Waals surface area contributed by atoms with E-state index in [2.05, 4.69) is 27.6 Å². The highest BCUT2D eigenvalue weighted by atomic mass is 32.1. The van der Waals surface area contributed by atoms with Gasteiger partial charge in [-0.3, -0.25) is 0 Å². The minimum atomic E-state index is -0.188. The molecular formula is C15H13N3O2S. The zero-order valence-corrected chi connectivity index (χ0v) is 12.0. The molecule has 1 aliphatic heterocycles. The highest BCUT2D eigenvalue weighted by Crippen LogP contribution is 2.36. The van der Waals surface area contributed by atoms with E-state index in [-0.39, 0.29) is 6.10 Å². The van der Waals surface area contributed by atoms with E-state index in [0.29, 0.717) is 18.5 Å². The Hall–Kier alpha value is -2.34. The Morgan fingerprint density at radius 3 is 3.00 bits per heavy atom. The standard InChI is InChI=1S/C15H13N3O2S/c1-2-6-12-10(4-1)8-13(19-12)14-17-18-15(20-14)16-9-11-5-3-7-21-11/h1-7,13H,8-9H2,(H,16,18). The first-order valence-electron chi connectivity index (χ1n) is 6.73. The minimum absolute atomic E-state index is 0.188. The number of hydrogen-bond donors (Lipinski definition) is 1. The summed E-state index contributed by atoms with van der Waals surface area (Å²) in [4.78, 5) is 1.22. The number of nitrogens with zero attached hydrogens (tertiary/aromatic N) is 2. The predicted molar refractivity (Wildman–Crippen MR) is 79.5 cm³/mol. The van der Waals surface area contributed by atoms with Crippen LogP contribution in [0.1, 0.15) is 22.4 Å². The fraction of sp³-hybridized carbons (Fsp3) is 0.200. The van der Waals surface area contributed by atoms with Gasteiger partial charge in [0, 0.05) is 11.3 Å². The average Bonchev–Trinajstić information content (AvgIpc) is 3.24. The number of para-hydroxylation sites is 1. The molecule has 0 saturated heterocycles. The Morgan fingerprint density at radius 2 is 2.14 bits per heavy atom. The van der Waals surface area contributed by atoms with Gasteiger partial charge >= 0.3 is 6.01 Å². The maximum absolute atomic E-state index is 5.83. The Balaban J connectivity index is 1.44. The van der Waals surface area contributed by atoms with Crippen LogP contribution in [-0.2, 0) is 13.0 Å². The van der Waals surface area contributed by atoms with Crippen LogP contribution in [0.5, 0.6) is 5.75 Å². The van der Waals surface area contributed by atoms with Gasteiger partial charge in [0.05, 0.1) is 6.54 Å². The molecule has 4 rings (SSSR count). The number of fused-ring (bicyclic) bond motifs is 1. The van der Waals surface area contributed by atoms with E-state index in [0.717, 1.165) is 12.2 Å². The lowest BCUT2D eigenvalue weighted by Gasteiger charge is -2.04.